The lowest BCUT2D eigenvalue weighted by atomic mass is 9.86. The van der Waals surface area contributed by atoms with Gasteiger partial charge in [0.1, 0.15) is 0 Å². The number of halogens is 3. The highest BCUT2D eigenvalue weighted by Gasteiger charge is 2.41. The van der Waals surface area contributed by atoms with Crippen molar-refractivity contribution >= 4 is 5.97 Å². The molecule has 0 aromatic heterocycles. The number of allylic oxidation sites excluding steroid dienone is 1. The van der Waals surface area contributed by atoms with Gasteiger partial charge in [-0.05, 0) is 5.41 Å². The molecule has 14 heavy (non-hydrogen) atoms. The van der Waals surface area contributed by atoms with Gasteiger partial charge in [-0.25, -0.2) is 4.79 Å². The van der Waals surface area contributed by atoms with Gasteiger partial charge in [0.25, 0.3) is 0 Å². The molecule has 0 aliphatic rings. The number of hydrogen-bond acceptors (Lipinski definition) is 2. The number of alkyl halides is 3. The minimum Gasteiger partial charge on any atom is -0.466 e. The normalized spacial score (nSPS) is 14.1. The van der Waals surface area contributed by atoms with Gasteiger partial charge in [-0.2, -0.15) is 13.2 Å². The molecule has 0 aliphatic heterocycles. The maximum atomic E-state index is 12.4. The van der Waals surface area contributed by atoms with E-state index in [2.05, 4.69) is 4.74 Å². The van der Waals surface area contributed by atoms with Crippen molar-refractivity contribution in [3.63, 3.8) is 0 Å². The van der Waals surface area contributed by atoms with Crippen molar-refractivity contribution in [3.8, 4) is 0 Å². The smallest absolute Gasteiger partial charge is 0.413 e. The first kappa shape index (κ1) is 13.0. The van der Waals surface area contributed by atoms with Crippen LogP contribution in [0.5, 0.6) is 0 Å². The average molecular weight is 210 g/mol. The molecule has 0 unspecified atom stereocenters. The van der Waals surface area contributed by atoms with Crippen LogP contribution in [0.2, 0.25) is 0 Å². The summed E-state index contributed by atoms with van der Waals surface area (Å²) in [5.41, 5.74) is -2.02. The molecule has 0 radical (unpaired) electrons. The van der Waals surface area contributed by atoms with Crippen LogP contribution in [0.25, 0.3) is 0 Å². The van der Waals surface area contributed by atoms with Gasteiger partial charge in [0.15, 0.2) is 0 Å². The van der Waals surface area contributed by atoms with E-state index >= 15 is 0 Å². The van der Waals surface area contributed by atoms with Crippen molar-refractivity contribution in [3.05, 3.63) is 11.6 Å². The fraction of sp³-hybridized carbons (Fsp3) is 0.667. The summed E-state index contributed by atoms with van der Waals surface area (Å²) in [5.74, 6) is -0.993. The van der Waals surface area contributed by atoms with E-state index in [1.165, 1.54) is 20.8 Å². The van der Waals surface area contributed by atoms with E-state index in [1.807, 2.05) is 0 Å². The summed E-state index contributed by atoms with van der Waals surface area (Å²) in [7, 11) is 1.04. The molecular formula is C9H13F3O2. The molecule has 2 nitrogen and oxygen atoms in total. The number of hydrogen-bond donors (Lipinski definition) is 0. The van der Waals surface area contributed by atoms with E-state index in [9.17, 15) is 18.0 Å². The van der Waals surface area contributed by atoms with Gasteiger partial charge in [0.2, 0.25) is 0 Å². The Hall–Kier alpha value is -1.00. The lowest BCUT2D eigenvalue weighted by Crippen LogP contribution is -2.25. The van der Waals surface area contributed by atoms with Crippen molar-refractivity contribution in [1.29, 1.82) is 0 Å². The Morgan fingerprint density at radius 3 is 1.86 bits per heavy atom. The number of carbonyl (C=O) groups is 1. The first-order valence-corrected chi connectivity index (χ1v) is 3.96. The van der Waals surface area contributed by atoms with Crippen molar-refractivity contribution in [2.24, 2.45) is 5.41 Å². The molecule has 0 bridgehead atoms. The van der Waals surface area contributed by atoms with Crippen LogP contribution in [0.15, 0.2) is 11.6 Å². The van der Waals surface area contributed by atoms with E-state index in [-0.39, 0.29) is 0 Å². The predicted octanol–water partition coefficient (Wildman–Crippen LogP) is 2.69. The Kier molecular flexibility index (Phi) is 3.73. The number of rotatable bonds is 1. The van der Waals surface area contributed by atoms with Crippen molar-refractivity contribution in [1.82, 2.24) is 0 Å². The van der Waals surface area contributed by atoms with E-state index in [0.29, 0.717) is 6.08 Å². The summed E-state index contributed by atoms with van der Waals surface area (Å²) in [6.07, 6.45) is -4.02. The molecule has 0 spiro atoms. The highest BCUT2D eigenvalue weighted by Crippen LogP contribution is 2.38. The minimum atomic E-state index is -4.51. The minimum absolute atomic E-state index is 0.486. The Bertz CT molecular complexity index is 230. The summed E-state index contributed by atoms with van der Waals surface area (Å²) in [6.45, 7) is 4.15. The van der Waals surface area contributed by atoms with E-state index in [4.69, 9.17) is 0 Å². The number of ether oxygens (including phenoxy) is 1. The highest BCUT2D eigenvalue weighted by molar-refractivity contribution is 5.83. The van der Waals surface area contributed by atoms with Crippen LogP contribution >= 0.6 is 0 Å². The van der Waals surface area contributed by atoms with Gasteiger partial charge in [-0.3, -0.25) is 0 Å². The van der Waals surface area contributed by atoms with Gasteiger partial charge >= 0.3 is 12.1 Å². The molecule has 82 valence electrons. The number of carbonyl (C=O) groups excluding carboxylic acids is 1. The van der Waals surface area contributed by atoms with Gasteiger partial charge in [-0.15, -0.1) is 0 Å². The zero-order valence-corrected chi connectivity index (χ0v) is 8.53. The molecule has 5 heteroatoms. The van der Waals surface area contributed by atoms with Crippen molar-refractivity contribution < 1.29 is 22.7 Å². The van der Waals surface area contributed by atoms with Gasteiger partial charge < -0.3 is 4.74 Å². The molecule has 0 amide bonds. The SMILES string of the molecule is COC(=O)/C=C(/C(C)(C)C)C(F)(F)F. The first-order valence-electron chi connectivity index (χ1n) is 3.96. The monoisotopic (exact) mass is 210 g/mol. The second kappa shape index (κ2) is 4.02. The third-order valence-corrected chi connectivity index (χ3v) is 1.58. The van der Waals surface area contributed by atoms with Crippen LogP contribution < -0.4 is 0 Å². The largest absolute Gasteiger partial charge is 0.466 e. The molecule has 0 rings (SSSR count). The molecule has 0 aromatic rings. The van der Waals surface area contributed by atoms with Crippen LogP contribution in [-0.4, -0.2) is 19.3 Å². The third kappa shape index (κ3) is 3.81. The molecule has 0 N–H and O–H groups in total. The highest BCUT2D eigenvalue weighted by atomic mass is 19.4. The van der Waals surface area contributed by atoms with E-state index in [1.54, 1.807) is 0 Å². The predicted molar refractivity (Wildman–Crippen MR) is 45.6 cm³/mol. The molecule has 0 saturated carbocycles. The summed E-state index contributed by atoms with van der Waals surface area (Å²) in [5, 5.41) is 0. The van der Waals surface area contributed by atoms with Gasteiger partial charge in [0, 0.05) is 11.6 Å². The lowest BCUT2D eigenvalue weighted by Gasteiger charge is -2.24. The van der Waals surface area contributed by atoms with E-state index in [0.717, 1.165) is 7.11 Å². The van der Waals surface area contributed by atoms with Gasteiger partial charge in [0.05, 0.1) is 7.11 Å². The molecular weight excluding hydrogens is 197 g/mol. The van der Waals surface area contributed by atoms with Crippen LogP contribution in [-0.2, 0) is 9.53 Å². The molecule has 0 atom stereocenters. The zero-order chi connectivity index (χ0) is 11.6. The fourth-order valence-corrected chi connectivity index (χ4v) is 0.900. The fourth-order valence-electron chi connectivity index (χ4n) is 0.900. The Morgan fingerprint density at radius 2 is 1.64 bits per heavy atom. The maximum absolute atomic E-state index is 12.4. The second-order valence-corrected chi connectivity index (χ2v) is 3.83. The number of esters is 1. The molecule has 0 fully saturated rings. The number of methoxy groups -OCH3 is 1. The molecule has 0 aromatic carbocycles. The summed E-state index contributed by atoms with van der Waals surface area (Å²) >= 11 is 0. The van der Waals surface area contributed by atoms with Crippen LogP contribution in [0, 0.1) is 5.41 Å². The van der Waals surface area contributed by atoms with Crippen LogP contribution in [0.4, 0.5) is 13.2 Å². The first-order chi connectivity index (χ1) is 6.09. The van der Waals surface area contributed by atoms with Gasteiger partial charge in [-0.1, -0.05) is 20.8 Å². The third-order valence-electron chi connectivity index (χ3n) is 1.58. The Balaban J connectivity index is 5.14. The summed E-state index contributed by atoms with van der Waals surface area (Å²) in [6, 6.07) is 0. The standard InChI is InChI=1S/C9H13F3O2/c1-8(2,3)6(9(10,11)12)5-7(13)14-4/h5H,1-4H3/b6-5-. The van der Waals surface area contributed by atoms with Crippen molar-refractivity contribution in [2.45, 2.75) is 26.9 Å². The summed E-state index contributed by atoms with van der Waals surface area (Å²) < 4.78 is 41.5. The van der Waals surface area contributed by atoms with E-state index < -0.39 is 23.1 Å². The Labute approximate surface area is 80.7 Å². The molecule has 0 saturated heterocycles. The van der Waals surface area contributed by atoms with Crippen LogP contribution in [0.1, 0.15) is 20.8 Å². The topological polar surface area (TPSA) is 26.3 Å². The Morgan fingerprint density at radius 1 is 1.21 bits per heavy atom. The van der Waals surface area contributed by atoms with Crippen LogP contribution in [0.3, 0.4) is 0 Å². The van der Waals surface area contributed by atoms with Crippen molar-refractivity contribution in [2.75, 3.05) is 7.11 Å². The molecule has 0 heterocycles. The quantitative estimate of drug-likeness (QED) is 0.491. The summed E-state index contributed by atoms with van der Waals surface area (Å²) in [4.78, 5) is 10.7. The molecule has 0 aliphatic carbocycles. The second-order valence-electron chi connectivity index (χ2n) is 3.83. The zero-order valence-electron chi connectivity index (χ0n) is 8.53. The maximum Gasteiger partial charge on any atom is 0.413 e. The average Bonchev–Trinajstić information content (AvgIpc) is 1.95. The lowest BCUT2D eigenvalue weighted by molar-refractivity contribution is -0.136.